The highest BCUT2D eigenvalue weighted by atomic mass is 16.6. The number of aliphatic hydroxyl groups is 1. The average molecular weight is 1160 g/mol. The zero-order valence-electron chi connectivity index (χ0n) is 48.9. The highest BCUT2D eigenvalue weighted by Crippen LogP contribution is 2.52. The number of hydrogen-bond acceptors (Lipinski definition) is 16. The van der Waals surface area contributed by atoms with Gasteiger partial charge in [-0.25, -0.2) is 4.79 Å². The monoisotopic (exact) mass is 1160 g/mol. The van der Waals surface area contributed by atoms with Gasteiger partial charge in [-0.3, -0.25) is 43.2 Å². The number of likely N-dealkylation sites (tertiary alicyclic amines) is 2. The number of likely N-dealkylation sites (N-methyl/N-ethyl adjacent to an activating group) is 1. The molecule has 452 valence electrons. The maximum absolute atomic E-state index is 13.7. The van der Waals surface area contributed by atoms with Crippen LogP contribution >= 0.6 is 0 Å². The molecule has 2 aliphatic carbocycles. The normalized spacial score (nSPS) is 22.8. The van der Waals surface area contributed by atoms with Crippen LogP contribution in [0.1, 0.15) is 114 Å². The lowest BCUT2D eigenvalue weighted by atomic mass is 9.85. The van der Waals surface area contributed by atoms with Gasteiger partial charge >= 0.3 is 29.8 Å². The number of piperazine rings is 1. The van der Waals surface area contributed by atoms with Crippen molar-refractivity contribution in [2.45, 2.75) is 129 Å². The molecule has 2 bridgehead atoms. The zero-order valence-corrected chi connectivity index (χ0v) is 48.9. The van der Waals surface area contributed by atoms with Crippen LogP contribution in [0.4, 0.5) is 10.6 Å². The second-order valence-corrected chi connectivity index (χ2v) is 23.3. The molecule has 6 aliphatic rings. The van der Waals surface area contributed by atoms with E-state index in [1.807, 2.05) is 49.7 Å². The van der Waals surface area contributed by atoms with Crippen LogP contribution < -0.4 is 24.2 Å². The molecule has 0 spiro atoms. The fraction of sp³-hybridized carbons (Fsp3) is 0.627. The van der Waals surface area contributed by atoms with Gasteiger partial charge in [0.15, 0.2) is 5.82 Å². The van der Waals surface area contributed by atoms with Crippen molar-refractivity contribution in [1.29, 1.82) is 0 Å². The number of hydrogen-bond donors (Lipinski definition) is 3. The van der Waals surface area contributed by atoms with E-state index < -0.39 is 18.3 Å². The molecule has 7 heterocycles. The number of amides is 6. The largest absolute Gasteiger partial charge is 0.502 e. The van der Waals surface area contributed by atoms with E-state index in [1.165, 1.54) is 20.0 Å². The zero-order chi connectivity index (χ0) is 59.0. The number of aromatic amines is 1. The number of aromatic nitrogens is 7. The first-order valence-corrected chi connectivity index (χ1v) is 30.1. The van der Waals surface area contributed by atoms with Gasteiger partial charge < -0.3 is 44.2 Å². The summed E-state index contributed by atoms with van der Waals surface area (Å²) < 4.78 is 22.8. The van der Waals surface area contributed by atoms with Crippen molar-refractivity contribution in [2.75, 3.05) is 90.7 Å². The minimum absolute atomic E-state index is 0.00318. The number of carbonyl (C=O) groups excluding carboxylic acids is 7. The van der Waals surface area contributed by atoms with Crippen molar-refractivity contribution in [1.82, 2.24) is 55.0 Å². The third kappa shape index (κ3) is 13.7. The minimum atomic E-state index is -0.712. The fourth-order valence-electron chi connectivity index (χ4n) is 13.1. The molecule has 1 saturated carbocycles. The minimum Gasteiger partial charge on any atom is -0.492 e. The van der Waals surface area contributed by atoms with Gasteiger partial charge in [-0.05, 0) is 92.0 Å². The Morgan fingerprint density at radius 3 is 2.39 bits per heavy atom. The molecule has 3 N–H and O–H groups in total. The van der Waals surface area contributed by atoms with Gasteiger partial charge in [0.25, 0.3) is 0 Å². The van der Waals surface area contributed by atoms with E-state index in [4.69, 9.17) is 24.4 Å². The predicted molar refractivity (Wildman–Crippen MR) is 301 cm³/mol. The van der Waals surface area contributed by atoms with Crippen molar-refractivity contribution >= 4 is 53.1 Å². The number of piperidine rings is 1. The van der Waals surface area contributed by atoms with E-state index in [0.29, 0.717) is 63.5 Å². The molecule has 4 aliphatic heterocycles. The van der Waals surface area contributed by atoms with Gasteiger partial charge in [0.05, 0.1) is 62.3 Å². The quantitative estimate of drug-likeness (QED) is 0.0268. The average Bonchev–Trinajstić information content (AvgIpc) is 2.12. The summed E-state index contributed by atoms with van der Waals surface area (Å²) in [6, 6.07) is 11.9. The Bertz CT molecular complexity index is 3020. The molecule has 7 atom stereocenters. The summed E-state index contributed by atoms with van der Waals surface area (Å²) in [6.45, 7) is 11.2. The topological polar surface area (TPSA) is 266 Å². The molecule has 3 aromatic heterocycles. The molecule has 5 fully saturated rings. The lowest BCUT2D eigenvalue weighted by molar-refractivity contribution is -0.800. The Labute approximate surface area is 489 Å². The molecule has 1 unspecified atom stereocenters. The number of imide groups is 1. The Hall–Kier alpha value is -7.54. The molecule has 84 heavy (non-hydrogen) atoms. The van der Waals surface area contributed by atoms with Crippen LogP contribution in [0, 0.1) is 30.6 Å². The maximum atomic E-state index is 13.7. The number of aliphatic hydroxyl groups excluding tert-OH is 1. The fourth-order valence-corrected chi connectivity index (χ4v) is 13.1. The van der Waals surface area contributed by atoms with Gasteiger partial charge in [0.1, 0.15) is 24.7 Å². The van der Waals surface area contributed by atoms with Crippen LogP contribution in [0.2, 0.25) is 0 Å². The van der Waals surface area contributed by atoms with E-state index in [9.17, 15) is 33.6 Å². The summed E-state index contributed by atoms with van der Waals surface area (Å²) in [5, 5.41) is 28.5. The van der Waals surface area contributed by atoms with Gasteiger partial charge in [0, 0.05) is 108 Å². The maximum Gasteiger partial charge on any atom is 0.502 e. The molecule has 6 amide bonds. The summed E-state index contributed by atoms with van der Waals surface area (Å²) in [5.41, 5.74) is 2.47. The van der Waals surface area contributed by atoms with E-state index in [1.54, 1.807) is 27.6 Å². The molecular weight excluding hydrogens is 1080 g/mol. The first-order chi connectivity index (χ1) is 40.6. The Balaban J connectivity index is 0.640. The molecule has 4 aromatic rings. The number of ether oxygens (including phenoxy) is 3. The number of rotatable bonds is 26. The van der Waals surface area contributed by atoms with Gasteiger partial charge in [-0.1, -0.05) is 41.0 Å². The number of nitrogens with zero attached hydrogens (tertiary/aromatic N) is 12. The molecule has 4 saturated heterocycles. The van der Waals surface area contributed by atoms with Crippen LogP contribution in [0.5, 0.6) is 5.75 Å². The van der Waals surface area contributed by atoms with Crippen LogP contribution in [0.15, 0.2) is 54.7 Å². The third-order valence-corrected chi connectivity index (χ3v) is 17.9. The first kappa shape index (κ1) is 59.6. The highest BCUT2D eigenvalue weighted by molar-refractivity contribution is 6.06. The summed E-state index contributed by atoms with van der Waals surface area (Å²) in [5.74, 6) is 1.76. The van der Waals surface area contributed by atoms with E-state index in [-0.39, 0.29) is 124 Å². The number of aryl methyl sites for hydroxylation is 2. The molecule has 10 rings (SSSR count). The molecular formula is C59H82N14O11+2. The second kappa shape index (κ2) is 27.0. The van der Waals surface area contributed by atoms with Gasteiger partial charge in [0.2, 0.25) is 29.5 Å². The number of anilines is 1. The van der Waals surface area contributed by atoms with Gasteiger partial charge in [-0.2, -0.15) is 0 Å². The van der Waals surface area contributed by atoms with Crippen molar-refractivity contribution in [2.24, 2.45) is 23.7 Å². The van der Waals surface area contributed by atoms with Crippen LogP contribution in [0.25, 0.3) is 5.65 Å². The highest BCUT2D eigenvalue weighted by Gasteiger charge is 2.59. The molecule has 25 nitrogen and oxygen atoms in total. The molecule has 25 heteroatoms. The predicted octanol–water partition coefficient (Wildman–Crippen LogP) is 2.21. The number of esters is 1. The summed E-state index contributed by atoms with van der Waals surface area (Å²) in [6.07, 6.45) is 10.7. The van der Waals surface area contributed by atoms with E-state index in [2.05, 4.69) is 54.8 Å². The number of allylic oxidation sites excluding steroid dienone is 2. The van der Waals surface area contributed by atoms with Crippen LogP contribution in [-0.4, -0.2) is 194 Å². The number of benzene rings is 1. The number of unbranched alkanes of at least 4 members (excludes halogenated alkanes) is 2. The van der Waals surface area contributed by atoms with Crippen LogP contribution in [0.3, 0.4) is 0 Å². The summed E-state index contributed by atoms with van der Waals surface area (Å²) >= 11 is 0. The first-order valence-electron chi connectivity index (χ1n) is 30.1. The lowest BCUT2D eigenvalue weighted by Gasteiger charge is -2.37. The lowest BCUT2D eigenvalue weighted by Crippen LogP contribution is -2.55. The van der Waals surface area contributed by atoms with E-state index >= 15 is 0 Å². The smallest absolute Gasteiger partial charge is 0.492 e. The van der Waals surface area contributed by atoms with Crippen molar-refractivity contribution in [3.63, 3.8) is 0 Å². The standard InChI is InChI=1S/C59H80N14O11/c1-39-56(78)65(4)30-31-66(39)32-34-82-48-15-13-42(14-16-48)43-19-26-67(27-20-43)49-17-18-51-72(63-49)40(2)62-73(51)41(3)84-59(81)70-25-8-9-47(70)38-83-53(77)22-29-69-37-46(61-64-69)36-68(28-21-50(75)60-23-33-74)52(76)10-6-5-7-24-71-57(79)54-44-11-12-45(35-44)55(54)58(71)80/h11-18,37,39,41,43-45,47,54-55,74H,5-10,19-36,38H2,1-4H3/p+2/t39-,41?,44-,45+,47-,54+,55-/m0/s1. The summed E-state index contributed by atoms with van der Waals surface area (Å²) in [7, 11) is 1.85. The van der Waals surface area contributed by atoms with Crippen molar-refractivity contribution in [3.05, 3.63) is 71.8 Å². The van der Waals surface area contributed by atoms with Crippen molar-refractivity contribution in [3.8, 4) is 5.75 Å². The van der Waals surface area contributed by atoms with Crippen molar-refractivity contribution < 1.29 is 62.1 Å². The molecule has 1 aromatic carbocycles. The second-order valence-electron chi connectivity index (χ2n) is 23.3. The molecule has 0 radical (unpaired) electrons. The number of fused-ring (bicyclic) bond motifs is 6. The third-order valence-electron chi connectivity index (χ3n) is 17.9. The summed E-state index contributed by atoms with van der Waals surface area (Å²) in [4.78, 5) is 102. The Morgan fingerprint density at radius 2 is 1.64 bits per heavy atom. The SMILES string of the molecule is Cc1[nH][n+](C(C)OC(=O)N2CCC[C@H]2COC(=O)CCn2cc(CN(CCC(=O)NCCO)C(=O)CCCCCN3C(=O)[C@@H]4[C@H](C3=O)[C@H]3C=C[C@@H]4C3)nn2)c2ccc(N3CCC(c4ccc(OCCN5CCN(C)C(=O)[C@@H]5C)cc4)CC3)n[n+]12. The number of nitrogens with one attached hydrogen (secondary N) is 2. The van der Waals surface area contributed by atoms with Crippen LogP contribution in [-0.2, 0) is 51.3 Å². The number of carbonyl (C=O) groups is 7. The Kier molecular flexibility index (Phi) is 19.2. The van der Waals surface area contributed by atoms with E-state index in [0.717, 1.165) is 74.9 Å². The number of H-pyrrole nitrogens is 1. The van der Waals surface area contributed by atoms with Gasteiger partial charge in [-0.15, -0.1) is 5.10 Å². The Morgan fingerprint density at radius 1 is 0.881 bits per heavy atom.